The summed E-state index contributed by atoms with van der Waals surface area (Å²) in [7, 11) is 1.65. The number of carbonyl (C=O) groups is 1. The molecule has 0 aliphatic rings. The number of nitrogens with zero attached hydrogens (tertiary/aromatic N) is 1. The molecule has 0 spiro atoms. The second-order valence-corrected chi connectivity index (χ2v) is 6.57. The van der Waals surface area contributed by atoms with Gasteiger partial charge in [0, 0.05) is 10.4 Å². The zero-order chi connectivity index (χ0) is 15.6. The van der Waals surface area contributed by atoms with Gasteiger partial charge in [-0.3, -0.25) is 4.79 Å². The first-order chi connectivity index (χ1) is 9.92. The molecule has 2 aromatic rings. The lowest BCUT2D eigenvalue weighted by Gasteiger charge is -2.06. The highest BCUT2D eigenvalue weighted by molar-refractivity contribution is 7.16. The number of aryl methyl sites for hydroxylation is 2. The Bertz CT molecular complexity index is 668. The number of benzene rings is 1. The molecule has 0 aliphatic heterocycles. The first-order valence-corrected chi connectivity index (χ1v) is 7.75. The number of nitrogens with one attached hydrogen (secondary N) is 1. The minimum absolute atomic E-state index is 0.247. The normalized spacial score (nSPS) is 12.0. The first kappa shape index (κ1) is 15.8. The zero-order valence-corrected chi connectivity index (χ0v) is 13.9. The Morgan fingerprint density at radius 2 is 2.14 bits per heavy atom. The van der Waals surface area contributed by atoms with Gasteiger partial charge in [-0.2, -0.15) is 0 Å². The number of ether oxygens (including phenoxy) is 1. The molecule has 1 aromatic carbocycles. The third-order valence-corrected chi connectivity index (χ3v) is 4.14. The van der Waals surface area contributed by atoms with Crippen molar-refractivity contribution in [2.75, 3.05) is 12.4 Å². The summed E-state index contributed by atoms with van der Waals surface area (Å²) < 4.78 is 5.26. The van der Waals surface area contributed by atoms with Crippen LogP contribution in [0.4, 0.5) is 5.13 Å². The van der Waals surface area contributed by atoms with Gasteiger partial charge in [0.2, 0.25) is 5.91 Å². The van der Waals surface area contributed by atoms with E-state index in [0.29, 0.717) is 5.13 Å². The molecule has 1 amide bonds. The molecule has 0 saturated carbocycles. The molecule has 112 valence electrons. The molecule has 1 unspecified atom stereocenters. The zero-order valence-electron chi connectivity index (χ0n) is 12.4. The average Bonchev–Trinajstić information content (AvgIpc) is 2.79. The van der Waals surface area contributed by atoms with Gasteiger partial charge in [-0.05, 0) is 44.5 Å². The van der Waals surface area contributed by atoms with Crippen LogP contribution in [0.15, 0.2) is 18.2 Å². The van der Waals surface area contributed by atoms with Crippen LogP contribution in [0, 0.1) is 13.8 Å². The van der Waals surface area contributed by atoms with E-state index in [2.05, 4.69) is 10.3 Å². The number of amides is 1. The van der Waals surface area contributed by atoms with Gasteiger partial charge in [0.15, 0.2) is 5.13 Å². The standard InChI is InChI=1S/C15H17ClN2O2S/c1-8-7-11(5-6-12(8)20-4)13-10(3)21-15(17-13)18-14(19)9(2)16/h5-7,9H,1-4H3,(H,17,18,19). The highest BCUT2D eigenvalue weighted by Crippen LogP contribution is 2.32. The SMILES string of the molecule is COc1ccc(-c2nc(NC(=O)C(C)Cl)sc2C)cc1C. The molecule has 2 rings (SSSR count). The van der Waals surface area contributed by atoms with Crippen molar-refractivity contribution >= 4 is 34.0 Å². The Kier molecular flexibility index (Phi) is 4.85. The summed E-state index contributed by atoms with van der Waals surface area (Å²) in [5.74, 6) is 0.596. The van der Waals surface area contributed by atoms with Gasteiger partial charge in [0.05, 0.1) is 12.8 Å². The summed E-state index contributed by atoms with van der Waals surface area (Å²) >= 11 is 7.18. The van der Waals surface area contributed by atoms with E-state index in [1.54, 1.807) is 14.0 Å². The van der Waals surface area contributed by atoms with Gasteiger partial charge in [-0.15, -0.1) is 22.9 Å². The van der Waals surface area contributed by atoms with E-state index in [1.165, 1.54) is 11.3 Å². The molecule has 0 aliphatic carbocycles. The first-order valence-electron chi connectivity index (χ1n) is 6.49. The van der Waals surface area contributed by atoms with Gasteiger partial charge in [0.1, 0.15) is 11.1 Å². The number of anilines is 1. The fraction of sp³-hybridized carbons (Fsp3) is 0.333. The number of carbonyl (C=O) groups excluding carboxylic acids is 1. The van der Waals surface area contributed by atoms with Crippen LogP contribution in [0.5, 0.6) is 5.75 Å². The second kappa shape index (κ2) is 6.45. The van der Waals surface area contributed by atoms with Crippen molar-refractivity contribution in [1.82, 2.24) is 4.98 Å². The highest BCUT2D eigenvalue weighted by Gasteiger charge is 2.15. The van der Waals surface area contributed by atoms with Crippen LogP contribution in [-0.4, -0.2) is 23.4 Å². The molecular weight excluding hydrogens is 308 g/mol. The molecule has 4 nitrogen and oxygen atoms in total. The van der Waals surface area contributed by atoms with E-state index in [-0.39, 0.29) is 5.91 Å². The Morgan fingerprint density at radius 1 is 1.43 bits per heavy atom. The number of alkyl halides is 1. The summed E-state index contributed by atoms with van der Waals surface area (Å²) in [4.78, 5) is 17.1. The molecule has 0 saturated heterocycles. The van der Waals surface area contributed by atoms with Crippen molar-refractivity contribution in [3.63, 3.8) is 0 Å². The van der Waals surface area contributed by atoms with Gasteiger partial charge in [0.25, 0.3) is 0 Å². The van der Waals surface area contributed by atoms with E-state index in [0.717, 1.165) is 27.4 Å². The topological polar surface area (TPSA) is 51.2 Å². The van der Waals surface area contributed by atoms with Crippen LogP contribution in [0.3, 0.4) is 0 Å². The van der Waals surface area contributed by atoms with E-state index in [1.807, 2.05) is 32.0 Å². The van der Waals surface area contributed by atoms with Gasteiger partial charge < -0.3 is 10.1 Å². The third kappa shape index (κ3) is 3.54. The van der Waals surface area contributed by atoms with Gasteiger partial charge >= 0.3 is 0 Å². The number of rotatable bonds is 4. The van der Waals surface area contributed by atoms with E-state index >= 15 is 0 Å². The van der Waals surface area contributed by atoms with Crippen molar-refractivity contribution in [2.45, 2.75) is 26.1 Å². The second-order valence-electron chi connectivity index (χ2n) is 4.71. The maximum absolute atomic E-state index is 11.6. The monoisotopic (exact) mass is 324 g/mol. The number of methoxy groups -OCH3 is 1. The van der Waals surface area contributed by atoms with Crippen LogP contribution in [0.2, 0.25) is 0 Å². The minimum atomic E-state index is -0.583. The Hall–Kier alpha value is -1.59. The van der Waals surface area contributed by atoms with E-state index in [9.17, 15) is 4.79 Å². The van der Waals surface area contributed by atoms with Crippen molar-refractivity contribution < 1.29 is 9.53 Å². The van der Waals surface area contributed by atoms with Crippen molar-refractivity contribution in [1.29, 1.82) is 0 Å². The molecule has 0 fully saturated rings. The summed E-state index contributed by atoms with van der Waals surface area (Å²) in [5, 5.41) is 2.70. The number of aromatic nitrogens is 1. The largest absolute Gasteiger partial charge is 0.496 e. The smallest absolute Gasteiger partial charge is 0.243 e. The van der Waals surface area contributed by atoms with E-state index in [4.69, 9.17) is 16.3 Å². The summed E-state index contributed by atoms with van der Waals surface area (Å²) in [6.07, 6.45) is 0. The maximum atomic E-state index is 11.6. The van der Waals surface area contributed by atoms with Crippen molar-refractivity contribution in [2.24, 2.45) is 0 Å². The molecule has 0 radical (unpaired) electrons. The Balaban J connectivity index is 2.30. The summed E-state index contributed by atoms with van der Waals surface area (Å²) in [6, 6.07) is 5.91. The van der Waals surface area contributed by atoms with Crippen LogP contribution in [0.25, 0.3) is 11.3 Å². The average molecular weight is 325 g/mol. The Labute approximate surface area is 133 Å². The molecule has 21 heavy (non-hydrogen) atoms. The van der Waals surface area contributed by atoms with Crippen LogP contribution < -0.4 is 10.1 Å². The lowest BCUT2D eigenvalue weighted by molar-refractivity contribution is -0.115. The quantitative estimate of drug-likeness (QED) is 0.865. The molecule has 6 heteroatoms. The lowest BCUT2D eigenvalue weighted by atomic mass is 10.1. The summed E-state index contributed by atoms with van der Waals surface area (Å²) in [5.41, 5.74) is 2.91. The molecule has 1 atom stereocenters. The predicted molar refractivity (Wildman–Crippen MR) is 87.5 cm³/mol. The third-order valence-electron chi connectivity index (χ3n) is 3.06. The van der Waals surface area contributed by atoms with Crippen LogP contribution >= 0.6 is 22.9 Å². The fourth-order valence-corrected chi connectivity index (χ4v) is 2.84. The van der Waals surface area contributed by atoms with Gasteiger partial charge in [-0.1, -0.05) is 0 Å². The highest BCUT2D eigenvalue weighted by atomic mass is 35.5. The number of thiazole rings is 1. The predicted octanol–water partition coefficient (Wildman–Crippen LogP) is 4.00. The van der Waals surface area contributed by atoms with Crippen molar-refractivity contribution in [3.8, 4) is 17.0 Å². The number of hydrogen-bond acceptors (Lipinski definition) is 4. The molecule has 1 N–H and O–H groups in total. The number of hydrogen-bond donors (Lipinski definition) is 1. The van der Waals surface area contributed by atoms with Crippen molar-refractivity contribution in [3.05, 3.63) is 28.6 Å². The molecular formula is C15H17ClN2O2S. The minimum Gasteiger partial charge on any atom is -0.496 e. The van der Waals surface area contributed by atoms with E-state index < -0.39 is 5.38 Å². The molecule has 1 aromatic heterocycles. The summed E-state index contributed by atoms with van der Waals surface area (Å²) in [6.45, 7) is 5.60. The molecule has 1 heterocycles. The van der Waals surface area contributed by atoms with Crippen LogP contribution in [-0.2, 0) is 4.79 Å². The molecule has 0 bridgehead atoms. The maximum Gasteiger partial charge on any atom is 0.243 e. The van der Waals surface area contributed by atoms with Gasteiger partial charge in [-0.25, -0.2) is 4.98 Å². The fourth-order valence-electron chi connectivity index (χ4n) is 1.95. The lowest BCUT2D eigenvalue weighted by Crippen LogP contribution is -2.20. The Morgan fingerprint density at radius 3 is 2.71 bits per heavy atom. The number of halogens is 1. The van der Waals surface area contributed by atoms with Crippen LogP contribution in [0.1, 0.15) is 17.4 Å².